The molecule has 0 amide bonds. The number of aliphatic hydroxyl groups is 1. The van der Waals surface area contributed by atoms with Gasteiger partial charge in [0.05, 0.1) is 6.10 Å². The summed E-state index contributed by atoms with van der Waals surface area (Å²) in [6.45, 7) is 5.75. The highest BCUT2D eigenvalue weighted by molar-refractivity contribution is 6.31. The van der Waals surface area contributed by atoms with E-state index in [-0.39, 0.29) is 17.3 Å². The molecule has 1 aromatic rings. The fourth-order valence-electron chi connectivity index (χ4n) is 2.05. The van der Waals surface area contributed by atoms with Gasteiger partial charge in [0, 0.05) is 10.6 Å². The second kappa shape index (κ2) is 5.15. The van der Waals surface area contributed by atoms with Gasteiger partial charge in [-0.25, -0.2) is 4.39 Å². The second-order valence-corrected chi connectivity index (χ2v) is 5.50. The normalized spacial score (nSPS) is 13.9. The van der Waals surface area contributed by atoms with E-state index in [0.29, 0.717) is 23.4 Å². The Balaban J connectivity index is 2.87. The van der Waals surface area contributed by atoms with Gasteiger partial charge in [-0.1, -0.05) is 31.5 Å². The van der Waals surface area contributed by atoms with Gasteiger partial charge in [0.2, 0.25) is 0 Å². The van der Waals surface area contributed by atoms with E-state index < -0.39 is 0 Å². The Morgan fingerprint density at radius 2 is 2.06 bits per heavy atom. The molecule has 0 saturated carbocycles. The molecule has 90 valence electrons. The molecule has 3 heteroatoms. The molecule has 0 radical (unpaired) electrons. The second-order valence-electron chi connectivity index (χ2n) is 5.09. The first kappa shape index (κ1) is 13.5. The largest absolute Gasteiger partial charge is 0.393 e. The molecule has 0 aliphatic heterocycles. The lowest BCUT2D eigenvalue weighted by molar-refractivity contribution is 0.129. The van der Waals surface area contributed by atoms with Crippen LogP contribution in [-0.2, 0) is 6.42 Å². The van der Waals surface area contributed by atoms with Gasteiger partial charge in [0.15, 0.2) is 0 Å². The van der Waals surface area contributed by atoms with Crippen LogP contribution in [0.5, 0.6) is 0 Å². The third kappa shape index (κ3) is 3.76. The van der Waals surface area contributed by atoms with Gasteiger partial charge in [-0.05, 0) is 37.3 Å². The Hall–Kier alpha value is -0.600. The summed E-state index contributed by atoms with van der Waals surface area (Å²) in [5.41, 5.74) is 0.370. The maximum atomic E-state index is 13.6. The first-order valence-electron chi connectivity index (χ1n) is 5.43. The summed E-state index contributed by atoms with van der Waals surface area (Å²) in [4.78, 5) is 0. The summed E-state index contributed by atoms with van der Waals surface area (Å²) in [5.74, 6) is -0.272. The van der Waals surface area contributed by atoms with Crippen LogP contribution in [0.2, 0.25) is 5.02 Å². The zero-order valence-corrected chi connectivity index (χ0v) is 10.7. The van der Waals surface area contributed by atoms with Crippen molar-refractivity contribution in [2.24, 2.45) is 5.41 Å². The van der Waals surface area contributed by atoms with Crippen LogP contribution in [0.15, 0.2) is 18.2 Å². The lowest BCUT2D eigenvalue weighted by Gasteiger charge is -2.26. The standard InChI is InChI=1S/C13H18ClFO/c1-9(16)7-13(2,3)8-10-11(14)5-4-6-12(10)15/h4-6,9,16H,7-8H2,1-3H3. The molecule has 1 nitrogen and oxygen atoms in total. The number of hydrogen-bond acceptors (Lipinski definition) is 1. The summed E-state index contributed by atoms with van der Waals surface area (Å²) >= 11 is 5.97. The minimum atomic E-state index is -0.388. The Morgan fingerprint density at radius 1 is 1.44 bits per heavy atom. The minimum Gasteiger partial charge on any atom is -0.393 e. The first-order valence-corrected chi connectivity index (χ1v) is 5.80. The molecule has 0 bridgehead atoms. The van der Waals surface area contributed by atoms with Crippen LogP contribution >= 0.6 is 11.6 Å². The first-order chi connectivity index (χ1) is 7.32. The summed E-state index contributed by atoms with van der Waals surface area (Å²) < 4.78 is 13.6. The van der Waals surface area contributed by atoms with Crippen molar-refractivity contribution in [3.8, 4) is 0 Å². The predicted octanol–water partition coefficient (Wildman–Crippen LogP) is 3.82. The van der Waals surface area contributed by atoms with Gasteiger partial charge in [0.25, 0.3) is 0 Å². The molecule has 1 rings (SSSR count). The van der Waals surface area contributed by atoms with E-state index in [9.17, 15) is 9.50 Å². The molecule has 0 aliphatic carbocycles. The average Bonchev–Trinajstić information content (AvgIpc) is 2.09. The van der Waals surface area contributed by atoms with Gasteiger partial charge in [-0.2, -0.15) is 0 Å². The fourth-order valence-corrected chi connectivity index (χ4v) is 2.28. The number of benzene rings is 1. The summed E-state index contributed by atoms with van der Waals surface area (Å²) in [6.07, 6.45) is 0.765. The topological polar surface area (TPSA) is 20.2 Å². The molecule has 16 heavy (non-hydrogen) atoms. The third-order valence-electron chi connectivity index (χ3n) is 2.57. The maximum Gasteiger partial charge on any atom is 0.127 e. The van der Waals surface area contributed by atoms with E-state index in [1.165, 1.54) is 6.07 Å². The molecule has 1 aromatic carbocycles. The highest BCUT2D eigenvalue weighted by Crippen LogP contribution is 2.31. The Bertz CT molecular complexity index is 341. The lowest BCUT2D eigenvalue weighted by atomic mass is 9.81. The van der Waals surface area contributed by atoms with E-state index in [2.05, 4.69) is 0 Å². The summed E-state index contributed by atoms with van der Waals surface area (Å²) in [7, 11) is 0. The van der Waals surface area contributed by atoms with Crippen LogP contribution in [0.3, 0.4) is 0 Å². The molecule has 0 fully saturated rings. The van der Waals surface area contributed by atoms with Crippen molar-refractivity contribution in [3.63, 3.8) is 0 Å². The van der Waals surface area contributed by atoms with E-state index in [4.69, 9.17) is 11.6 Å². The van der Waals surface area contributed by atoms with Crippen molar-refractivity contribution >= 4 is 11.6 Å². The minimum absolute atomic E-state index is 0.167. The Kier molecular flexibility index (Phi) is 4.34. The molecule has 0 saturated heterocycles. The highest BCUT2D eigenvalue weighted by atomic mass is 35.5. The zero-order valence-electron chi connectivity index (χ0n) is 9.93. The van der Waals surface area contributed by atoms with Crippen molar-refractivity contribution in [1.29, 1.82) is 0 Å². The highest BCUT2D eigenvalue weighted by Gasteiger charge is 2.23. The molecule has 1 atom stereocenters. The molecule has 0 aromatic heterocycles. The Morgan fingerprint density at radius 3 is 2.56 bits per heavy atom. The van der Waals surface area contributed by atoms with E-state index in [0.717, 1.165) is 0 Å². The lowest BCUT2D eigenvalue weighted by Crippen LogP contribution is -2.21. The predicted molar refractivity (Wildman–Crippen MR) is 65.2 cm³/mol. The maximum absolute atomic E-state index is 13.6. The summed E-state index contributed by atoms with van der Waals surface area (Å²) in [5, 5.41) is 9.83. The average molecular weight is 245 g/mol. The van der Waals surface area contributed by atoms with E-state index >= 15 is 0 Å². The quantitative estimate of drug-likeness (QED) is 0.854. The van der Waals surface area contributed by atoms with E-state index in [1.54, 1.807) is 19.1 Å². The van der Waals surface area contributed by atoms with Gasteiger partial charge < -0.3 is 5.11 Å². The van der Waals surface area contributed by atoms with Gasteiger partial charge in [-0.15, -0.1) is 0 Å². The van der Waals surface area contributed by atoms with Crippen LogP contribution in [-0.4, -0.2) is 11.2 Å². The zero-order chi connectivity index (χ0) is 12.3. The molecular weight excluding hydrogens is 227 g/mol. The van der Waals surface area contributed by atoms with Crippen LogP contribution in [0.4, 0.5) is 4.39 Å². The van der Waals surface area contributed by atoms with Crippen molar-refractivity contribution in [2.75, 3.05) is 0 Å². The fraction of sp³-hybridized carbons (Fsp3) is 0.538. The van der Waals surface area contributed by atoms with Crippen molar-refractivity contribution < 1.29 is 9.50 Å². The van der Waals surface area contributed by atoms with Crippen molar-refractivity contribution in [2.45, 2.75) is 39.7 Å². The molecule has 0 spiro atoms. The van der Waals surface area contributed by atoms with Crippen LogP contribution in [0, 0.1) is 11.2 Å². The van der Waals surface area contributed by atoms with Crippen LogP contribution in [0.1, 0.15) is 32.8 Å². The number of hydrogen-bond donors (Lipinski definition) is 1. The molecule has 0 heterocycles. The number of aliphatic hydroxyl groups excluding tert-OH is 1. The Labute approximate surface area is 101 Å². The number of rotatable bonds is 4. The van der Waals surface area contributed by atoms with Gasteiger partial charge in [0.1, 0.15) is 5.82 Å². The molecule has 1 N–H and O–H groups in total. The molecule has 1 unspecified atom stereocenters. The van der Waals surface area contributed by atoms with E-state index in [1.807, 2.05) is 13.8 Å². The van der Waals surface area contributed by atoms with Gasteiger partial charge >= 0.3 is 0 Å². The SMILES string of the molecule is CC(O)CC(C)(C)Cc1c(F)cccc1Cl. The third-order valence-corrected chi connectivity index (χ3v) is 2.92. The molecule has 0 aliphatic rings. The van der Waals surface area contributed by atoms with Crippen LogP contribution < -0.4 is 0 Å². The van der Waals surface area contributed by atoms with Crippen molar-refractivity contribution in [3.05, 3.63) is 34.6 Å². The summed E-state index contributed by atoms with van der Waals surface area (Å²) in [6, 6.07) is 4.71. The van der Waals surface area contributed by atoms with Crippen LogP contribution in [0.25, 0.3) is 0 Å². The van der Waals surface area contributed by atoms with Crippen molar-refractivity contribution in [1.82, 2.24) is 0 Å². The smallest absolute Gasteiger partial charge is 0.127 e. The molecular formula is C13H18ClFO. The van der Waals surface area contributed by atoms with Gasteiger partial charge in [-0.3, -0.25) is 0 Å². The monoisotopic (exact) mass is 244 g/mol. The number of halogens is 2.